The molecule has 1 aromatic carbocycles. The Kier molecular flexibility index (Phi) is 6.03. The van der Waals surface area contributed by atoms with E-state index in [0.717, 1.165) is 30.3 Å². The van der Waals surface area contributed by atoms with E-state index in [0.29, 0.717) is 22.8 Å². The van der Waals surface area contributed by atoms with Gasteiger partial charge in [0.25, 0.3) is 0 Å². The number of aromatic nitrogens is 2. The first-order valence-electron chi connectivity index (χ1n) is 8.53. The summed E-state index contributed by atoms with van der Waals surface area (Å²) >= 11 is 0.676. The fraction of sp³-hybridized carbons (Fsp3) is 0.263. The van der Waals surface area contributed by atoms with Crippen LogP contribution in [0.3, 0.4) is 0 Å². The molecule has 0 unspecified atom stereocenters. The van der Waals surface area contributed by atoms with E-state index in [2.05, 4.69) is 24.1 Å². The fourth-order valence-electron chi connectivity index (χ4n) is 2.69. The van der Waals surface area contributed by atoms with Crippen LogP contribution in [0, 0.1) is 22.7 Å². The van der Waals surface area contributed by atoms with Crippen LogP contribution in [-0.2, 0) is 13.0 Å². The Balaban J connectivity index is 1.80. The number of ether oxygens (including phenoxy) is 1. The molecular weight excluding hydrogens is 391 g/mol. The summed E-state index contributed by atoms with van der Waals surface area (Å²) in [4.78, 5) is 15.8. The lowest BCUT2D eigenvalue weighted by Gasteiger charge is -2.10. The van der Waals surface area contributed by atoms with Gasteiger partial charge in [0.1, 0.15) is 0 Å². The quantitative estimate of drug-likeness (QED) is 0.607. The Morgan fingerprint density at radius 1 is 1.21 bits per heavy atom. The monoisotopic (exact) mass is 409 g/mol. The lowest BCUT2D eigenvalue weighted by Crippen LogP contribution is -2.18. The molecule has 0 fully saturated rings. The second-order valence-corrected chi connectivity index (χ2v) is 7.63. The summed E-state index contributed by atoms with van der Waals surface area (Å²) in [6.45, 7) is 4.29. The number of thiazole rings is 1. The number of nitrogens with zero attached hydrogens (tertiary/aromatic N) is 2. The highest BCUT2D eigenvalue weighted by atomic mass is 32.1. The summed E-state index contributed by atoms with van der Waals surface area (Å²) in [6.07, 6.45) is 2.72. The van der Waals surface area contributed by atoms with E-state index in [9.17, 15) is 18.0 Å². The summed E-state index contributed by atoms with van der Waals surface area (Å²) in [5.74, 6) is -1.27. The molecule has 0 saturated carbocycles. The van der Waals surface area contributed by atoms with E-state index in [-0.39, 0.29) is 17.6 Å². The van der Waals surface area contributed by atoms with Crippen LogP contribution in [0.2, 0.25) is 0 Å². The van der Waals surface area contributed by atoms with E-state index >= 15 is 0 Å². The van der Waals surface area contributed by atoms with Crippen LogP contribution < -0.4 is 10.1 Å². The van der Waals surface area contributed by atoms with Gasteiger partial charge in [0.2, 0.25) is 5.88 Å². The molecule has 0 spiro atoms. The molecule has 148 valence electrons. The minimum Gasteiger partial charge on any atom is -0.393 e. The minimum absolute atomic E-state index is 0.0728. The molecule has 1 N–H and O–H groups in total. The van der Waals surface area contributed by atoms with Crippen molar-refractivity contribution in [2.75, 3.05) is 5.32 Å². The smallest absolute Gasteiger partial charge is 0.393 e. The van der Waals surface area contributed by atoms with Crippen molar-refractivity contribution in [1.82, 2.24) is 9.55 Å². The van der Waals surface area contributed by atoms with Crippen molar-refractivity contribution in [3.63, 3.8) is 0 Å². The number of amides is 1. The number of halogens is 3. The first-order valence-corrected chi connectivity index (χ1v) is 9.35. The lowest BCUT2D eigenvalue weighted by molar-refractivity contribution is 0.211. The van der Waals surface area contributed by atoms with Gasteiger partial charge in [-0.15, -0.1) is 0 Å². The van der Waals surface area contributed by atoms with Crippen molar-refractivity contribution in [1.29, 1.82) is 0 Å². The Labute approximate surface area is 163 Å². The van der Waals surface area contributed by atoms with Gasteiger partial charge < -0.3 is 9.30 Å². The Hall–Kier alpha value is -2.81. The highest BCUT2D eigenvalue weighted by Gasteiger charge is 2.15. The molecule has 3 rings (SSSR count). The zero-order chi connectivity index (χ0) is 20.3. The summed E-state index contributed by atoms with van der Waals surface area (Å²) < 4.78 is 46.6. The van der Waals surface area contributed by atoms with Crippen LogP contribution in [0.4, 0.5) is 23.1 Å². The SMILES string of the molecule is CC(C)Cc1cc(OC(=O)Nc2ncc(F)s2)n(Cc2ccc(F)c(F)c2)c1. The topological polar surface area (TPSA) is 56.1 Å². The van der Waals surface area contributed by atoms with Crippen LogP contribution in [0.5, 0.6) is 5.88 Å². The number of anilines is 1. The maximum Gasteiger partial charge on any atom is 0.420 e. The number of nitrogens with one attached hydrogen (secondary N) is 1. The van der Waals surface area contributed by atoms with E-state index in [4.69, 9.17) is 4.74 Å². The first-order chi connectivity index (χ1) is 13.3. The predicted molar refractivity (Wildman–Crippen MR) is 100 cm³/mol. The average molecular weight is 409 g/mol. The van der Waals surface area contributed by atoms with Gasteiger partial charge in [-0.25, -0.2) is 18.6 Å². The van der Waals surface area contributed by atoms with Gasteiger partial charge in [-0.1, -0.05) is 31.3 Å². The number of rotatable bonds is 6. The number of carbonyl (C=O) groups is 1. The molecule has 9 heteroatoms. The normalized spacial score (nSPS) is 11.1. The predicted octanol–water partition coefficient (Wildman–Crippen LogP) is 5.22. The molecule has 0 aliphatic heterocycles. The summed E-state index contributed by atoms with van der Waals surface area (Å²) in [6, 6.07) is 5.32. The fourth-order valence-corrected chi connectivity index (χ4v) is 3.22. The van der Waals surface area contributed by atoms with Gasteiger partial charge in [-0.3, -0.25) is 5.32 Å². The van der Waals surface area contributed by atoms with Crippen molar-refractivity contribution >= 4 is 22.6 Å². The minimum atomic E-state index is -0.946. The van der Waals surface area contributed by atoms with Crippen LogP contribution >= 0.6 is 11.3 Å². The van der Waals surface area contributed by atoms with Gasteiger partial charge in [0.05, 0.1) is 12.7 Å². The zero-order valence-electron chi connectivity index (χ0n) is 15.2. The van der Waals surface area contributed by atoms with E-state index in [1.54, 1.807) is 16.8 Å². The number of hydrogen-bond donors (Lipinski definition) is 1. The molecule has 5 nitrogen and oxygen atoms in total. The summed E-state index contributed by atoms with van der Waals surface area (Å²) in [7, 11) is 0. The van der Waals surface area contributed by atoms with Crippen molar-refractivity contribution in [3.8, 4) is 5.88 Å². The van der Waals surface area contributed by atoms with Crippen LogP contribution in [0.1, 0.15) is 25.0 Å². The van der Waals surface area contributed by atoms with Crippen molar-refractivity contribution < 1.29 is 22.7 Å². The molecule has 3 aromatic rings. The van der Waals surface area contributed by atoms with E-state index in [1.807, 2.05) is 0 Å². The summed E-state index contributed by atoms with van der Waals surface area (Å²) in [5, 5.41) is 1.89. The Morgan fingerprint density at radius 2 is 2.00 bits per heavy atom. The Bertz CT molecular complexity index is 985. The molecule has 0 aliphatic carbocycles. The molecule has 2 heterocycles. The molecule has 2 aromatic heterocycles. The molecule has 1 amide bonds. The third-order valence-corrected chi connectivity index (χ3v) is 4.48. The van der Waals surface area contributed by atoms with Crippen molar-refractivity contribution in [2.24, 2.45) is 5.92 Å². The highest BCUT2D eigenvalue weighted by Crippen LogP contribution is 2.23. The largest absolute Gasteiger partial charge is 0.420 e. The molecule has 0 bridgehead atoms. The van der Waals surface area contributed by atoms with E-state index in [1.165, 1.54) is 6.07 Å². The summed E-state index contributed by atoms with van der Waals surface area (Å²) in [5.41, 5.74) is 1.44. The Morgan fingerprint density at radius 3 is 2.64 bits per heavy atom. The highest BCUT2D eigenvalue weighted by molar-refractivity contribution is 7.14. The van der Waals surface area contributed by atoms with Gasteiger partial charge in [0, 0.05) is 12.3 Å². The second kappa shape index (κ2) is 8.47. The third-order valence-electron chi connectivity index (χ3n) is 3.78. The van der Waals surface area contributed by atoms with Crippen LogP contribution in [-0.4, -0.2) is 15.6 Å². The van der Waals surface area contributed by atoms with Crippen molar-refractivity contribution in [3.05, 3.63) is 64.6 Å². The van der Waals surface area contributed by atoms with Gasteiger partial charge in [-0.2, -0.15) is 4.39 Å². The molecular formula is C19H18F3N3O2S. The third kappa shape index (κ3) is 5.13. The number of carbonyl (C=O) groups excluding carboxylic acids is 1. The molecule has 0 aliphatic rings. The molecule has 28 heavy (non-hydrogen) atoms. The first kappa shape index (κ1) is 19.9. The lowest BCUT2D eigenvalue weighted by atomic mass is 10.1. The second-order valence-electron chi connectivity index (χ2n) is 6.64. The standard InChI is InChI=1S/C19H18F3N3O2S/c1-11(2)5-13-7-17(27-19(26)24-18-23-8-16(22)28-18)25(10-13)9-12-3-4-14(20)15(21)6-12/h3-4,6-8,10-11H,5,9H2,1-2H3,(H,23,24,26). The number of hydrogen-bond acceptors (Lipinski definition) is 4. The maximum absolute atomic E-state index is 13.5. The molecule has 0 atom stereocenters. The number of benzene rings is 1. The van der Waals surface area contributed by atoms with Crippen LogP contribution in [0.25, 0.3) is 0 Å². The van der Waals surface area contributed by atoms with Gasteiger partial charge in [0.15, 0.2) is 21.9 Å². The van der Waals surface area contributed by atoms with Crippen LogP contribution in [0.15, 0.2) is 36.7 Å². The zero-order valence-corrected chi connectivity index (χ0v) is 16.0. The molecule has 0 saturated heterocycles. The maximum atomic E-state index is 13.5. The van der Waals surface area contributed by atoms with Gasteiger partial charge in [-0.05, 0) is 35.6 Å². The molecule has 0 radical (unpaired) electrons. The van der Waals surface area contributed by atoms with Gasteiger partial charge >= 0.3 is 6.09 Å². The average Bonchev–Trinajstić information content (AvgIpc) is 3.16. The van der Waals surface area contributed by atoms with Crippen molar-refractivity contribution in [2.45, 2.75) is 26.8 Å². The van der Waals surface area contributed by atoms with E-state index < -0.39 is 22.9 Å².